The molecule has 0 saturated carbocycles. The summed E-state index contributed by atoms with van der Waals surface area (Å²) in [5.41, 5.74) is 2.11. The van der Waals surface area contributed by atoms with E-state index >= 15 is 0 Å². The number of nitrogens with zero attached hydrogens (tertiary/aromatic N) is 2. The van der Waals surface area contributed by atoms with Gasteiger partial charge in [0.15, 0.2) is 15.8 Å². The van der Waals surface area contributed by atoms with Gasteiger partial charge in [0.25, 0.3) is 5.91 Å². The number of hydrogen-bond acceptors (Lipinski definition) is 6. The number of ether oxygens (including phenoxy) is 2. The Hall–Kier alpha value is -2.50. The number of methoxy groups -OCH3 is 1. The van der Waals surface area contributed by atoms with Crippen LogP contribution in [0.4, 0.5) is 10.1 Å². The number of amides is 1. The number of thioether (sulfide) groups is 1. The van der Waals surface area contributed by atoms with E-state index in [1.54, 1.807) is 25.4 Å². The Kier molecular flexibility index (Phi) is 7.07. The fourth-order valence-electron chi connectivity index (χ4n) is 3.02. The predicted octanol–water partition coefficient (Wildman–Crippen LogP) is 5.82. The molecule has 1 aromatic heterocycles. The van der Waals surface area contributed by atoms with Crippen molar-refractivity contribution in [3.8, 4) is 11.5 Å². The first-order chi connectivity index (χ1) is 15.5. The lowest BCUT2D eigenvalue weighted by atomic mass is 10.1. The Morgan fingerprint density at radius 3 is 2.69 bits per heavy atom. The average molecular weight is 578 g/mol. The smallest absolute Gasteiger partial charge is 0.270 e. The van der Waals surface area contributed by atoms with Crippen LogP contribution in [0.2, 0.25) is 0 Å². The maximum Gasteiger partial charge on any atom is 0.270 e. The molecule has 1 amide bonds. The highest BCUT2D eigenvalue weighted by atomic mass is 127. The van der Waals surface area contributed by atoms with E-state index in [9.17, 15) is 9.18 Å². The molecule has 2 heterocycles. The molecule has 0 spiro atoms. The standard InChI is InChI=1S/C23H16FIN2O3S2/c1-29-19-11-14(10-18(25)21(19)30-13-16-4-2-3-9-26-16)12-20-22(28)27(23(31)32-20)17-7-5-15(24)6-8-17/h2-12H,13H2,1H3/b20-12+. The van der Waals surface area contributed by atoms with Crippen molar-refractivity contribution in [2.24, 2.45) is 0 Å². The van der Waals surface area contributed by atoms with Gasteiger partial charge in [0.05, 0.1) is 27.0 Å². The highest BCUT2D eigenvalue weighted by Gasteiger charge is 2.33. The first-order valence-corrected chi connectivity index (χ1v) is 11.7. The summed E-state index contributed by atoms with van der Waals surface area (Å²) in [5.74, 6) is 0.528. The molecule has 0 aliphatic carbocycles. The van der Waals surface area contributed by atoms with Crippen LogP contribution >= 0.6 is 46.6 Å². The molecule has 5 nitrogen and oxygen atoms in total. The third kappa shape index (κ3) is 4.94. The molecule has 32 heavy (non-hydrogen) atoms. The zero-order valence-electron chi connectivity index (χ0n) is 16.7. The van der Waals surface area contributed by atoms with E-state index < -0.39 is 0 Å². The summed E-state index contributed by atoms with van der Waals surface area (Å²) < 4.78 is 25.9. The number of carbonyl (C=O) groups is 1. The Balaban J connectivity index is 1.58. The van der Waals surface area contributed by atoms with Gasteiger partial charge in [-0.25, -0.2) is 4.39 Å². The van der Waals surface area contributed by atoms with Crippen LogP contribution in [0.15, 0.2) is 65.7 Å². The van der Waals surface area contributed by atoms with Gasteiger partial charge in [-0.15, -0.1) is 0 Å². The third-order valence-electron chi connectivity index (χ3n) is 4.52. The van der Waals surface area contributed by atoms with Gasteiger partial charge in [0, 0.05) is 6.20 Å². The van der Waals surface area contributed by atoms with Crippen molar-refractivity contribution in [3.05, 3.63) is 86.3 Å². The van der Waals surface area contributed by atoms with Gasteiger partial charge in [-0.05, 0) is 82.8 Å². The minimum atomic E-state index is -0.373. The molecule has 0 radical (unpaired) electrons. The fraction of sp³-hybridized carbons (Fsp3) is 0.0870. The van der Waals surface area contributed by atoms with Crippen molar-refractivity contribution >= 4 is 68.6 Å². The number of anilines is 1. The fourth-order valence-corrected chi connectivity index (χ4v) is 5.10. The summed E-state index contributed by atoms with van der Waals surface area (Å²) in [6.45, 7) is 0.308. The number of aromatic nitrogens is 1. The Morgan fingerprint density at radius 1 is 1.22 bits per heavy atom. The Labute approximate surface area is 207 Å². The third-order valence-corrected chi connectivity index (χ3v) is 6.62. The number of thiocarbonyl (C=S) groups is 1. The molecule has 1 saturated heterocycles. The summed E-state index contributed by atoms with van der Waals surface area (Å²) in [6.07, 6.45) is 3.47. The number of pyridine rings is 1. The predicted molar refractivity (Wildman–Crippen MR) is 136 cm³/mol. The van der Waals surface area contributed by atoms with E-state index in [4.69, 9.17) is 21.7 Å². The molecule has 3 aromatic rings. The van der Waals surface area contributed by atoms with Gasteiger partial charge in [-0.2, -0.15) is 0 Å². The molecule has 2 aromatic carbocycles. The van der Waals surface area contributed by atoms with Crippen LogP contribution < -0.4 is 14.4 Å². The van der Waals surface area contributed by atoms with Crippen molar-refractivity contribution in [1.82, 2.24) is 4.98 Å². The van der Waals surface area contributed by atoms with Crippen molar-refractivity contribution in [1.29, 1.82) is 0 Å². The van der Waals surface area contributed by atoms with E-state index in [-0.39, 0.29) is 11.7 Å². The normalized spacial score (nSPS) is 14.8. The molecule has 1 aliphatic heterocycles. The Morgan fingerprint density at radius 2 is 2.00 bits per heavy atom. The van der Waals surface area contributed by atoms with Crippen LogP contribution in [-0.4, -0.2) is 22.3 Å². The molecule has 1 aliphatic rings. The number of carbonyl (C=O) groups excluding carboxylic acids is 1. The average Bonchev–Trinajstić information content (AvgIpc) is 3.06. The summed E-state index contributed by atoms with van der Waals surface area (Å²) in [7, 11) is 1.57. The van der Waals surface area contributed by atoms with E-state index in [1.807, 2.05) is 24.3 Å². The monoisotopic (exact) mass is 578 g/mol. The van der Waals surface area contributed by atoms with Gasteiger partial charge in [-0.3, -0.25) is 14.7 Å². The Bertz CT molecular complexity index is 1200. The van der Waals surface area contributed by atoms with Gasteiger partial charge < -0.3 is 9.47 Å². The molecule has 0 atom stereocenters. The van der Waals surface area contributed by atoms with Crippen LogP contribution in [0.1, 0.15) is 11.3 Å². The van der Waals surface area contributed by atoms with Crippen LogP contribution in [0, 0.1) is 9.39 Å². The number of rotatable bonds is 6. The minimum Gasteiger partial charge on any atom is -0.493 e. The summed E-state index contributed by atoms with van der Waals surface area (Å²) >= 11 is 8.75. The molecule has 162 valence electrons. The molecular formula is C23H16FIN2O3S2. The molecule has 0 bridgehead atoms. The second kappa shape index (κ2) is 9.97. The summed E-state index contributed by atoms with van der Waals surface area (Å²) in [6, 6.07) is 15.0. The number of halogens is 2. The maximum atomic E-state index is 13.2. The van der Waals surface area contributed by atoms with Crippen molar-refractivity contribution in [2.45, 2.75) is 6.61 Å². The van der Waals surface area contributed by atoms with Crippen LogP contribution in [0.3, 0.4) is 0 Å². The zero-order valence-corrected chi connectivity index (χ0v) is 20.5. The first kappa shape index (κ1) is 22.7. The van der Waals surface area contributed by atoms with Crippen LogP contribution in [0.25, 0.3) is 6.08 Å². The summed E-state index contributed by atoms with van der Waals surface area (Å²) in [4.78, 5) is 19.1. The van der Waals surface area contributed by atoms with E-state index in [1.165, 1.54) is 40.9 Å². The number of benzene rings is 2. The molecule has 4 rings (SSSR count). The lowest BCUT2D eigenvalue weighted by Crippen LogP contribution is -2.27. The topological polar surface area (TPSA) is 51.7 Å². The van der Waals surface area contributed by atoms with Gasteiger partial charge in [0.2, 0.25) is 0 Å². The molecular weight excluding hydrogens is 562 g/mol. The van der Waals surface area contributed by atoms with Gasteiger partial charge >= 0.3 is 0 Å². The molecule has 0 unspecified atom stereocenters. The summed E-state index contributed by atoms with van der Waals surface area (Å²) in [5, 5.41) is 0. The van der Waals surface area contributed by atoms with Gasteiger partial charge in [-0.1, -0.05) is 30.0 Å². The van der Waals surface area contributed by atoms with Crippen LogP contribution in [0.5, 0.6) is 11.5 Å². The van der Waals surface area contributed by atoms with E-state index in [0.29, 0.717) is 33.0 Å². The SMILES string of the molecule is COc1cc(/C=C2/SC(=S)N(c3ccc(F)cc3)C2=O)cc(I)c1OCc1ccccn1. The highest BCUT2D eigenvalue weighted by molar-refractivity contribution is 14.1. The van der Waals surface area contributed by atoms with Crippen molar-refractivity contribution in [2.75, 3.05) is 12.0 Å². The molecule has 1 fully saturated rings. The second-order valence-corrected chi connectivity index (χ2v) is 9.48. The van der Waals surface area contributed by atoms with E-state index in [2.05, 4.69) is 27.6 Å². The minimum absolute atomic E-state index is 0.254. The largest absolute Gasteiger partial charge is 0.493 e. The van der Waals surface area contributed by atoms with E-state index in [0.717, 1.165) is 14.8 Å². The van der Waals surface area contributed by atoms with Crippen molar-refractivity contribution < 1.29 is 18.7 Å². The van der Waals surface area contributed by atoms with Crippen molar-refractivity contribution in [3.63, 3.8) is 0 Å². The quantitative estimate of drug-likeness (QED) is 0.209. The molecule has 0 N–H and O–H groups in total. The lowest BCUT2D eigenvalue weighted by Gasteiger charge is -2.14. The zero-order chi connectivity index (χ0) is 22.7. The number of hydrogen-bond donors (Lipinski definition) is 0. The lowest BCUT2D eigenvalue weighted by molar-refractivity contribution is -0.113. The maximum absolute atomic E-state index is 13.2. The van der Waals surface area contributed by atoms with Gasteiger partial charge in [0.1, 0.15) is 12.4 Å². The first-order valence-electron chi connectivity index (χ1n) is 9.40. The highest BCUT2D eigenvalue weighted by Crippen LogP contribution is 2.39. The second-order valence-electron chi connectivity index (χ2n) is 6.64. The van der Waals surface area contributed by atoms with Crippen LogP contribution in [-0.2, 0) is 11.4 Å². The molecule has 9 heteroatoms.